The normalized spacial score (nSPS) is 13.3. The number of rotatable bonds is 5. The maximum absolute atomic E-state index is 13.4. The van der Waals surface area contributed by atoms with E-state index >= 15 is 0 Å². The summed E-state index contributed by atoms with van der Waals surface area (Å²) in [5.41, 5.74) is 12.3. The summed E-state index contributed by atoms with van der Waals surface area (Å²) in [4.78, 5) is 32.3. The predicted molar refractivity (Wildman–Crippen MR) is 144 cm³/mol. The molecule has 35 heavy (non-hydrogen) atoms. The SMILES string of the molecule is CCOC(=O)c1c(-c2ccc(C)cc2)csc1NC(=O)c1sc2nc3c(cc2c1N)CCCCC3. The van der Waals surface area contributed by atoms with Gasteiger partial charge in [0.05, 0.1) is 12.3 Å². The number of esters is 1. The topological polar surface area (TPSA) is 94.3 Å². The Bertz CT molecular complexity index is 1420. The van der Waals surface area contributed by atoms with E-state index < -0.39 is 5.97 Å². The van der Waals surface area contributed by atoms with Crippen LogP contribution in [0, 0.1) is 6.92 Å². The number of thiophene rings is 2. The number of carbonyl (C=O) groups excluding carboxylic acids is 2. The van der Waals surface area contributed by atoms with Gasteiger partial charge < -0.3 is 15.8 Å². The molecule has 0 bridgehead atoms. The molecule has 3 aromatic heterocycles. The largest absolute Gasteiger partial charge is 0.462 e. The van der Waals surface area contributed by atoms with Gasteiger partial charge >= 0.3 is 5.97 Å². The monoisotopic (exact) mass is 505 g/mol. The van der Waals surface area contributed by atoms with E-state index in [1.165, 1.54) is 34.7 Å². The number of aryl methyl sites for hydroxylation is 3. The average Bonchev–Trinajstić information content (AvgIpc) is 3.30. The number of amides is 1. The van der Waals surface area contributed by atoms with Crippen molar-refractivity contribution >= 4 is 55.5 Å². The Morgan fingerprint density at radius 2 is 1.91 bits per heavy atom. The van der Waals surface area contributed by atoms with Crippen LogP contribution in [-0.2, 0) is 17.6 Å². The molecule has 180 valence electrons. The van der Waals surface area contributed by atoms with Gasteiger partial charge in [-0.15, -0.1) is 22.7 Å². The minimum Gasteiger partial charge on any atom is -0.462 e. The molecule has 3 N–H and O–H groups in total. The Morgan fingerprint density at radius 1 is 1.14 bits per heavy atom. The smallest absolute Gasteiger partial charge is 0.341 e. The summed E-state index contributed by atoms with van der Waals surface area (Å²) in [7, 11) is 0. The molecule has 1 amide bonds. The van der Waals surface area contributed by atoms with Crippen molar-refractivity contribution in [2.75, 3.05) is 17.7 Å². The lowest BCUT2D eigenvalue weighted by Crippen LogP contribution is -2.14. The Morgan fingerprint density at radius 3 is 2.69 bits per heavy atom. The molecule has 0 aliphatic heterocycles. The van der Waals surface area contributed by atoms with Gasteiger partial charge in [0.2, 0.25) is 0 Å². The second kappa shape index (κ2) is 9.79. The van der Waals surface area contributed by atoms with Crippen LogP contribution in [0.25, 0.3) is 21.3 Å². The Hall–Kier alpha value is -3.23. The zero-order valence-corrected chi connectivity index (χ0v) is 21.4. The average molecular weight is 506 g/mol. The van der Waals surface area contributed by atoms with Crippen molar-refractivity contribution < 1.29 is 14.3 Å². The Kier molecular flexibility index (Phi) is 6.58. The van der Waals surface area contributed by atoms with E-state index in [0.29, 0.717) is 21.1 Å². The van der Waals surface area contributed by atoms with Crippen molar-refractivity contribution in [1.29, 1.82) is 0 Å². The van der Waals surface area contributed by atoms with Crippen LogP contribution in [-0.4, -0.2) is 23.5 Å². The lowest BCUT2D eigenvalue weighted by atomic mass is 10.0. The van der Waals surface area contributed by atoms with Gasteiger partial charge in [0.1, 0.15) is 20.3 Å². The second-order valence-electron chi connectivity index (χ2n) is 8.75. The van der Waals surface area contributed by atoms with Gasteiger partial charge in [-0.05, 0) is 56.7 Å². The standard InChI is InChI=1S/C27H27N3O3S2/c1-3-33-27(32)21-19(16-11-9-15(2)10-12-16)14-34-26(21)30-24(31)23-22(28)18-13-17-7-5-4-6-8-20(17)29-25(18)35-23/h9-14H,3-8,28H2,1-2H3,(H,30,31). The third-order valence-corrected chi connectivity index (χ3v) is 8.33. The van der Waals surface area contributed by atoms with Crippen molar-refractivity contribution in [2.24, 2.45) is 0 Å². The molecule has 0 spiro atoms. The first-order chi connectivity index (χ1) is 17.0. The first-order valence-electron chi connectivity index (χ1n) is 11.8. The lowest BCUT2D eigenvalue weighted by molar-refractivity contribution is 0.0529. The van der Waals surface area contributed by atoms with Gasteiger partial charge in [-0.25, -0.2) is 9.78 Å². The highest BCUT2D eigenvalue weighted by Crippen LogP contribution is 2.39. The molecular formula is C27H27N3O3S2. The molecular weight excluding hydrogens is 478 g/mol. The predicted octanol–water partition coefficient (Wildman–Crippen LogP) is 6.61. The fourth-order valence-electron chi connectivity index (χ4n) is 4.47. The first-order valence-corrected chi connectivity index (χ1v) is 13.5. The number of pyridine rings is 1. The van der Waals surface area contributed by atoms with Gasteiger partial charge in [0.25, 0.3) is 5.91 Å². The summed E-state index contributed by atoms with van der Waals surface area (Å²) in [5.74, 6) is -0.808. The summed E-state index contributed by atoms with van der Waals surface area (Å²) in [6.07, 6.45) is 5.45. The number of hydrogen-bond acceptors (Lipinski definition) is 7. The first kappa shape index (κ1) is 23.5. The van der Waals surface area contributed by atoms with Gasteiger partial charge in [-0.1, -0.05) is 36.2 Å². The molecule has 0 fully saturated rings. The zero-order valence-electron chi connectivity index (χ0n) is 19.8. The lowest BCUT2D eigenvalue weighted by Gasteiger charge is -2.09. The highest BCUT2D eigenvalue weighted by Gasteiger charge is 2.25. The van der Waals surface area contributed by atoms with Crippen LogP contribution >= 0.6 is 22.7 Å². The number of fused-ring (bicyclic) bond motifs is 2. The fraction of sp³-hybridized carbons (Fsp3) is 0.296. The summed E-state index contributed by atoms with van der Waals surface area (Å²) < 4.78 is 5.32. The quantitative estimate of drug-likeness (QED) is 0.235. The maximum Gasteiger partial charge on any atom is 0.341 e. The Balaban J connectivity index is 1.50. The molecule has 0 unspecified atom stereocenters. The van der Waals surface area contributed by atoms with Crippen LogP contribution in [0.15, 0.2) is 35.7 Å². The summed E-state index contributed by atoms with van der Waals surface area (Å²) in [6.45, 7) is 4.02. The molecule has 0 saturated carbocycles. The number of benzene rings is 1. The maximum atomic E-state index is 13.4. The number of anilines is 2. The van der Waals surface area contributed by atoms with Crippen LogP contribution < -0.4 is 11.1 Å². The highest BCUT2D eigenvalue weighted by molar-refractivity contribution is 7.21. The van der Waals surface area contributed by atoms with E-state index in [9.17, 15) is 9.59 Å². The summed E-state index contributed by atoms with van der Waals surface area (Å²) in [5, 5.41) is 6.08. The van der Waals surface area contributed by atoms with E-state index in [1.807, 2.05) is 36.6 Å². The molecule has 4 aromatic rings. The molecule has 8 heteroatoms. The van der Waals surface area contributed by atoms with Crippen molar-refractivity contribution in [2.45, 2.75) is 46.0 Å². The van der Waals surface area contributed by atoms with Crippen molar-refractivity contribution in [3.63, 3.8) is 0 Å². The number of nitrogens with one attached hydrogen (secondary N) is 1. The van der Waals surface area contributed by atoms with Crippen molar-refractivity contribution in [3.05, 3.63) is 63.0 Å². The molecule has 6 nitrogen and oxygen atoms in total. The van der Waals surface area contributed by atoms with E-state index in [2.05, 4.69) is 11.4 Å². The third kappa shape index (κ3) is 4.56. The van der Waals surface area contributed by atoms with Crippen LogP contribution in [0.4, 0.5) is 10.7 Å². The second-order valence-corrected chi connectivity index (χ2v) is 10.6. The van der Waals surface area contributed by atoms with Crippen LogP contribution in [0.3, 0.4) is 0 Å². The minimum absolute atomic E-state index is 0.245. The molecule has 1 aliphatic rings. The highest BCUT2D eigenvalue weighted by atomic mass is 32.1. The third-order valence-electron chi connectivity index (χ3n) is 6.32. The fourth-order valence-corrected chi connectivity index (χ4v) is 6.41. The van der Waals surface area contributed by atoms with Crippen molar-refractivity contribution in [1.82, 2.24) is 4.98 Å². The molecule has 0 atom stereocenters. The van der Waals surface area contributed by atoms with Gasteiger partial charge in [-0.3, -0.25) is 4.79 Å². The minimum atomic E-state index is -0.464. The number of nitrogen functional groups attached to an aromatic ring is 1. The molecule has 5 rings (SSSR count). The van der Waals surface area contributed by atoms with Gasteiger partial charge in [0, 0.05) is 22.0 Å². The zero-order chi connectivity index (χ0) is 24.5. The van der Waals surface area contributed by atoms with Crippen molar-refractivity contribution in [3.8, 4) is 11.1 Å². The molecule has 0 radical (unpaired) electrons. The number of hydrogen-bond donors (Lipinski definition) is 2. The number of aromatic nitrogens is 1. The summed E-state index contributed by atoms with van der Waals surface area (Å²) in [6, 6.07) is 10.0. The number of ether oxygens (including phenoxy) is 1. The number of nitrogens with two attached hydrogens (primary N) is 1. The number of nitrogens with zero attached hydrogens (tertiary/aromatic N) is 1. The molecule has 3 heterocycles. The van der Waals surface area contributed by atoms with Crippen LogP contribution in [0.2, 0.25) is 0 Å². The van der Waals surface area contributed by atoms with Crippen LogP contribution in [0.1, 0.15) is 63.0 Å². The van der Waals surface area contributed by atoms with E-state index in [4.69, 9.17) is 15.5 Å². The van der Waals surface area contributed by atoms with Crippen LogP contribution in [0.5, 0.6) is 0 Å². The number of carbonyl (C=O) groups is 2. The van der Waals surface area contributed by atoms with E-state index in [0.717, 1.165) is 58.3 Å². The van der Waals surface area contributed by atoms with Gasteiger partial charge in [-0.2, -0.15) is 0 Å². The summed E-state index contributed by atoms with van der Waals surface area (Å²) >= 11 is 2.60. The molecule has 1 aromatic carbocycles. The Labute approximate surface area is 212 Å². The molecule has 0 saturated heterocycles. The van der Waals surface area contributed by atoms with E-state index in [-0.39, 0.29) is 12.5 Å². The molecule has 1 aliphatic carbocycles. The van der Waals surface area contributed by atoms with E-state index in [1.54, 1.807) is 6.92 Å². The van der Waals surface area contributed by atoms with Gasteiger partial charge in [0.15, 0.2) is 0 Å².